The zero-order valence-corrected chi connectivity index (χ0v) is 22.8. The predicted molar refractivity (Wildman–Crippen MR) is 131 cm³/mol. The van der Waals surface area contributed by atoms with Gasteiger partial charge >= 0.3 is 18.4 Å². The minimum atomic E-state index is -6.17. The van der Waals surface area contributed by atoms with Gasteiger partial charge in [0.25, 0.3) is 5.60 Å². The lowest BCUT2D eigenvalue weighted by atomic mass is 9.88. The number of ether oxygens (including phenoxy) is 1. The molecule has 42 heavy (non-hydrogen) atoms. The second-order valence-corrected chi connectivity index (χ2v) is 11.7. The third-order valence-electron chi connectivity index (χ3n) is 6.91. The number of nitrogens with zero attached hydrogens (tertiary/aromatic N) is 1. The van der Waals surface area contributed by atoms with Gasteiger partial charge < -0.3 is 20.3 Å². The highest BCUT2D eigenvalue weighted by molar-refractivity contribution is 7.92. The van der Waals surface area contributed by atoms with E-state index in [1.165, 1.54) is 6.92 Å². The van der Waals surface area contributed by atoms with Gasteiger partial charge in [0.1, 0.15) is 16.4 Å². The summed E-state index contributed by atoms with van der Waals surface area (Å²) in [6.07, 6.45) is -12.8. The number of hydrogen-bond donors (Lipinski definition) is 2. The Hall–Kier alpha value is -3.47. The van der Waals surface area contributed by atoms with Crippen LogP contribution in [-0.2, 0) is 29.7 Å². The number of urea groups is 1. The first-order valence-corrected chi connectivity index (χ1v) is 13.6. The number of methoxy groups -OCH3 is 1. The molecule has 0 radical (unpaired) electrons. The van der Waals surface area contributed by atoms with Gasteiger partial charge in [-0.1, -0.05) is 12.1 Å². The first kappa shape index (κ1) is 33.0. The summed E-state index contributed by atoms with van der Waals surface area (Å²) in [6.45, 7) is 0.236. The van der Waals surface area contributed by atoms with Crippen LogP contribution in [0.15, 0.2) is 47.4 Å². The quantitative estimate of drug-likeness (QED) is 0.259. The van der Waals surface area contributed by atoms with Gasteiger partial charge in [0.15, 0.2) is 9.84 Å². The summed E-state index contributed by atoms with van der Waals surface area (Å²) >= 11 is 0. The summed E-state index contributed by atoms with van der Waals surface area (Å²) in [5.74, 6) is -3.25. The van der Waals surface area contributed by atoms with Gasteiger partial charge in [-0.3, -0.25) is 4.79 Å². The van der Waals surface area contributed by atoms with E-state index in [1.807, 2.05) is 0 Å². The van der Waals surface area contributed by atoms with E-state index in [-0.39, 0.29) is 44.8 Å². The third-order valence-corrected chi connectivity index (χ3v) is 9.40. The predicted octanol–water partition coefficient (Wildman–Crippen LogP) is 4.15. The topological polar surface area (TPSA) is 105 Å². The van der Waals surface area contributed by atoms with Crippen molar-refractivity contribution >= 4 is 21.8 Å². The van der Waals surface area contributed by atoms with Gasteiger partial charge in [-0.2, -0.15) is 26.3 Å². The van der Waals surface area contributed by atoms with E-state index in [0.717, 1.165) is 29.2 Å². The molecule has 0 aliphatic carbocycles. The highest BCUT2D eigenvalue weighted by Crippen LogP contribution is 2.54. The number of benzene rings is 2. The zero-order chi connectivity index (χ0) is 31.7. The van der Waals surface area contributed by atoms with Crippen LogP contribution < -0.4 is 10.6 Å². The molecule has 2 aromatic rings. The van der Waals surface area contributed by atoms with Crippen molar-refractivity contribution in [1.29, 1.82) is 0 Å². The molecular weight excluding hydrogens is 606 g/mol. The number of alkyl halides is 6. The number of hydrogen-bond acceptors (Lipinski definition) is 5. The summed E-state index contributed by atoms with van der Waals surface area (Å²) in [5.41, 5.74) is -7.56. The van der Waals surface area contributed by atoms with Gasteiger partial charge in [0, 0.05) is 45.8 Å². The normalized spacial score (nSPS) is 18.2. The molecule has 1 aliphatic rings. The summed E-state index contributed by atoms with van der Waals surface area (Å²) < 4.78 is 141. The Balaban J connectivity index is 2.13. The van der Waals surface area contributed by atoms with E-state index in [0.29, 0.717) is 6.07 Å². The second-order valence-electron chi connectivity index (χ2n) is 9.41. The van der Waals surface area contributed by atoms with E-state index in [2.05, 4.69) is 15.4 Å². The summed E-state index contributed by atoms with van der Waals surface area (Å²) in [5, 5.41) is 4.86. The summed E-state index contributed by atoms with van der Waals surface area (Å²) in [7, 11) is -4.58. The number of halogens is 8. The molecule has 3 amide bonds. The monoisotopic (exact) mass is 631 g/mol. The molecule has 8 nitrogen and oxygen atoms in total. The van der Waals surface area contributed by atoms with Crippen molar-refractivity contribution in [3.05, 3.63) is 65.2 Å². The van der Waals surface area contributed by atoms with Crippen molar-refractivity contribution in [2.45, 2.75) is 40.9 Å². The number of carbonyl (C=O) groups is 2. The number of sulfone groups is 1. The van der Waals surface area contributed by atoms with Crippen LogP contribution in [0.1, 0.15) is 24.5 Å². The number of carbonyl (C=O) groups excluding carboxylic acids is 2. The summed E-state index contributed by atoms with van der Waals surface area (Å²) in [6, 6.07) is 3.57. The molecule has 1 saturated heterocycles. The smallest absolute Gasteiger partial charge is 0.357 e. The maximum Gasteiger partial charge on any atom is 0.430 e. The molecule has 1 fully saturated rings. The minimum absolute atomic E-state index is 0.0280. The molecule has 3 rings (SSSR count). The van der Waals surface area contributed by atoms with Gasteiger partial charge in [0.05, 0.1) is 4.90 Å². The van der Waals surface area contributed by atoms with Crippen LogP contribution in [-0.4, -0.2) is 70.9 Å². The second kappa shape index (κ2) is 11.7. The molecule has 1 aliphatic heterocycles. The van der Waals surface area contributed by atoms with E-state index < -0.39 is 79.2 Å². The fourth-order valence-electron chi connectivity index (χ4n) is 4.82. The maximum absolute atomic E-state index is 15.3. The van der Waals surface area contributed by atoms with Crippen molar-refractivity contribution in [3.63, 3.8) is 0 Å². The first-order chi connectivity index (χ1) is 19.3. The Kier molecular flexibility index (Phi) is 9.17. The third kappa shape index (κ3) is 5.75. The fourth-order valence-corrected chi connectivity index (χ4v) is 6.88. The highest BCUT2D eigenvalue weighted by Gasteiger charge is 2.74. The van der Waals surface area contributed by atoms with Gasteiger partial charge in [-0.15, -0.1) is 0 Å². The van der Waals surface area contributed by atoms with Crippen LogP contribution in [0.3, 0.4) is 0 Å². The lowest BCUT2D eigenvalue weighted by Gasteiger charge is -2.37. The Bertz CT molecular complexity index is 1420. The van der Waals surface area contributed by atoms with Crippen molar-refractivity contribution in [2.75, 3.05) is 33.3 Å². The van der Waals surface area contributed by atoms with Crippen molar-refractivity contribution in [3.8, 4) is 0 Å². The molecular formula is C25H25F8N3O5S. The minimum Gasteiger partial charge on any atom is -0.357 e. The number of rotatable bonds is 8. The Labute approximate surface area is 234 Å². The largest absolute Gasteiger partial charge is 0.430 e. The van der Waals surface area contributed by atoms with Crippen LogP contribution >= 0.6 is 0 Å². The van der Waals surface area contributed by atoms with Crippen LogP contribution in [0, 0.1) is 11.6 Å². The molecule has 0 aromatic heterocycles. The van der Waals surface area contributed by atoms with E-state index in [1.54, 1.807) is 0 Å². The number of nitrogens with one attached hydrogen (secondary N) is 2. The summed E-state index contributed by atoms with van der Waals surface area (Å²) in [4.78, 5) is 24.3. The van der Waals surface area contributed by atoms with Crippen LogP contribution in [0.4, 0.5) is 39.9 Å². The average Bonchev–Trinajstić information content (AvgIpc) is 3.34. The standard InChI is InChI=1S/C25H25F8N3O5S/c1-15(37)34-10-11-35-21(38)36-12-9-22(14-36,42(39,40)18-6-4-17(26)5-7-18)16-3-8-19(20(27)13-16)23(41-2,24(28,29)30)25(31,32)33/h3-8,13H,9-12,14H2,1-2H3,(H,34,37)(H,35,38)/t22-/m0/s1. The molecule has 0 saturated carbocycles. The van der Waals surface area contributed by atoms with Crippen LogP contribution in [0.5, 0.6) is 0 Å². The van der Waals surface area contributed by atoms with Crippen LogP contribution in [0.25, 0.3) is 0 Å². The van der Waals surface area contributed by atoms with Crippen molar-refractivity contribution < 1.29 is 57.9 Å². The van der Waals surface area contributed by atoms with Crippen molar-refractivity contribution in [2.24, 2.45) is 0 Å². The maximum atomic E-state index is 15.3. The zero-order valence-electron chi connectivity index (χ0n) is 22.0. The van der Waals surface area contributed by atoms with Gasteiger partial charge in [-0.05, 0) is 42.3 Å². The lowest BCUT2D eigenvalue weighted by molar-refractivity contribution is -0.384. The molecule has 1 heterocycles. The van der Waals surface area contributed by atoms with Crippen molar-refractivity contribution in [1.82, 2.24) is 15.5 Å². The van der Waals surface area contributed by atoms with Crippen LogP contribution in [0.2, 0.25) is 0 Å². The Morgan fingerprint density at radius 1 is 0.952 bits per heavy atom. The molecule has 232 valence electrons. The number of likely N-dealkylation sites (tertiary alicyclic amines) is 1. The lowest BCUT2D eigenvalue weighted by Crippen LogP contribution is -2.56. The molecule has 17 heteroatoms. The molecule has 0 unspecified atom stereocenters. The average molecular weight is 632 g/mol. The highest BCUT2D eigenvalue weighted by atomic mass is 32.2. The Morgan fingerprint density at radius 3 is 2.02 bits per heavy atom. The van der Waals surface area contributed by atoms with E-state index in [4.69, 9.17) is 0 Å². The molecule has 0 bridgehead atoms. The molecule has 2 N–H and O–H groups in total. The number of amides is 3. The van der Waals surface area contributed by atoms with E-state index in [9.17, 15) is 48.7 Å². The fraction of sp³-hybridized carbons (Fsp3) is 0.440. The van der Waals surface area contributed by atoms with E-state index >= 15 is 4.39 Å². The first-order valence-electron chi connectivity index (χ1n) is 12.1. The molecule has 0 spiro atoms. The SMILES string of the molecule is COC(c1ccc([C@]2(S(=O)(=O)c3ccc(F)cc3)CCN(C(=O)NCCNC(C)=O)C2)cc1F)(C(F)(F)F)C(F)(F)F. The van der Waals surface area contributed by atoms with Gasteiger partial charge in [-0.25, -0.2) is 22.0 Å². The molecule has 1 atom stereocenters. The van der Waals surface area contributed by atoms with Gasteiger partial charge in [0.2, 0.25) is 5.91 Å². The molecule has 2 aromatic carbocycles. The Morgan fingerprint density at radius 2 is 1.52 bits per heavy atom.